The quantitative estimate of drug-likeness (QED) is 0.691. The summed E-state index contributed by atoms with van der Waals surface area (Å²) >= 11 is 0. The highest BCUT2D eigenvalue weighted by Crippen LogP contribution is 2.18. The number of rotatable bonds is 6. The molecule has 0 bridgehead atoms. The first-order valence-electron chi connectivity index (χ1n) is 6.65. The Morgan fingerprint density at radius 1 is 1.31 bits per heavy atom. The van der Waals surface area contributed by atoms with Crippen molar-refractivity contribution >= 4 is 0 Å². The molecule has 1 aliphatic rings. The number of nitrogens with zero attached hydrogens (tertiary/aromatic N) is 3. The highest BCUT2D eigenvalue weighted by molar-refractivity contribution is 4.82. The molecule has 0 aromatic rings. The van der Waals surface area contributed by atoms with Gasteiger partial charge in [0.1, 0.15) is 0 Å². The Bertz CT molecular complexity index is 218. The van der Waals surface area contributed by atoms with Gasteiger partial charge in [0.15, 0.2) is 0 Å². The number of piperidine rings is 1. The summed E-state index contributed by atoms with van der Waals surface area (Å²) in [5, 5.41) is 8.67. The topological polar surface area (TPSA) is 30.3 Å². The summed E-state index contributed by atoms with van der Waals surface area (Å²) in [6, 6.07) is 2.94. The van der Waals surface area contributed by atoms with Crippen LogP contribution in [0.1, 0.15) is 39.5 Å². The molecule has 1 rings (SSSR count). The zero-order chi connectivity index (χ0) is 11.8. The molecule has 1 saturated heterocycles. The van der Waals surface area contributed by atoms with Crippen LogP contribution in [0, 0.1) is 11.3 Å². The van der Waals surface area contributed by atoms with Crippen molar-refractivity contribution in [3.8, 4) is 6.07 Å². The molecule has 0 N–H and O–H groups in total. The van der Waals surface area contributed by atoms with Gasteiger partial charge in [-0.25, -0.2) is 0 Å². The van der Waals surface area contributed by atoms with Gasteiger partial charge in [-0.1, -0.05) is 20.3 Å². The Labute approximate surface area is 100 Å². The van der Waals surface area contributed by atoms with E-state index in [1.54, 1.807) is 0 Å². The van der Waals surface area contributed by atoms with Crippen molar-refractivity contribution in [1.29, 1.82) is 5.26 Å². The second kappa shape index (κ2) is 7.65. The second-order valence-corrected chi connectivity index (χ2v) is 4.58. The van der Waals surface area contributed by atoms with E-state index in [1.807, 2.05) is 0 Å². The van der Waals surface area contributed by atoms with E-state index in [0.29, 0.717) is 12.5 Å². The van der Waals surface area contributed by atoms with E-state index in [4.69, 9.17) is 5.26 Å². The van der Waals surface area contributed by atoms with Crippen molar-refractivity contribution < 1.29 is 0 Å². The van der Waals surface area contributed by atoms with Crippen LogP contribution in [0.3, 0.4) is 0 Å². The van der Waals surface area contributed by atoms with E-state index < -0.39 is 0 Å². The first-order valence-corrected chi connectivity index (χ1v) is 6.65. The third kappa shape index (κ3) is 4.11. The Balaban J connectivity index is 2.43. The predicted octanol–water partition coefficient (Wildman–Crippen LogP) is 2.10. The Kier molecular flexibility index (Phi) is 6.44. The number of hydrogen-bond donors (Lipinski definition) is 0. The van der Waals surface area contributed by atoms with Crippen LogP contribution in [0.25, 0.3) is 0 Å². The van der Waals surface area contributed by atoms with Crippen LogP contribution in [-0.2, 0) is 0 Å². The summed E-state index contributed by atoms with van der Waals surface area (Å²) in [5.41, 5.74) is 0. The normalized spacial score (nSPS) is 22.2. The fourth-order valence-corrected chi connectivity index (χ4v) is 2.53. The summed E-state index contributed by atoms with van der Waals surface area (Å²) in [6.45, 7) is 10.1. The largest absolute Gasteiger partial charge is 0.302 e. The van der Waals surface area contributed by atoms with E-state index >= 15 is 0 Å². The summed E-state index contributed by atoms with van der Waals surface area (Å²) in [4.78, 5) is 5.01. The van der Waals surface area contributed by atoms with Gasteiger partial charge in [-0.3, -0.25) is 4.90 Å². The van der Waals surface area contributed by atoms with Crippen molar-refractivity contribution in [2.45, 2.75) is 45.6 Å². The van der Waals surface area contributed by atoms with Crippen LogP contribution in [-0.4, -0.2) is 48.6 Å². The van der Waals surface area contributed by atoms with Gasteiger partial charge in [-0.15, -0.1) is 0 Å². The molecule has 0 aliphatic carbocycles. The molecule has 3 nitrogen and oxygen atoms in total. The number of hydrogen-bond acceptors (Lipinski definition) is 3. The number of likely N-dealkylation sites (tertiary alicyclic amines) is 1. The molecule has 1 heterocycles. The lowest BCUT2D eigenvalue weighted by Gasteiger charge is -2.38. The minimum absolute atomic E-state index is 0.675. The molecule has 0 saturated carbocycles. The molecule has 92 valence electrons. The molecular weight excluding hydrogens is 198 g/mol. The van der Waals surface area contributed by atoms with E-state index in [1.165, 1.54) is 32.4 Å². The fourth-order valence-electron chi connectivity index (χ4n) is 2.53. The van der Waals surface area contributed by atoms with Crippen molar-refractivity contribution in [3.05, 3.63) is 0 Å². The van der Waals surface area contributed by atoms with Gasteiger partial charge in [-0.2, -0.15) is 5.26 Å². The van der Waals surface area contributed by atoms with Gasteiger partial charge in [0.2, 0.25) is 0 Å². The summed E-state index contributed by atoms with van der Waals surface area (Å²) in [7, 11) is 0. The van der Waals surface area contributed by atoms with E-state index in [2.05, 4.69) is 29.7 Å². The van der Waals surface area contributed by atoms with Crippen molar-refractivity contribution in [3.63, 3.8) is 0 Å². The van der Waals surface area contributed by atoms with Crippen LogP contribution >= 0.6 is 0 Å². The van der Waals surface area contributed by atoms with Gasteiger partial charge < -0.3 is 4.90 Å². The van der Waals surface area contributed by atoms with Gasteiger partial charge in [0.05, 0.1) is 6.07 Å². The molecule has 16 heavy (non-hydrogen) atoms. The predicted molar refractivity (Wildman–Crippen MR) is 67.2 cm³/mol. The highest BCUT2D eigenvalue weighted by atomic mass is 15.2. The summed E-state index contributed by atoms with van der Waals surface area (Å²) in [6.07, 6.45) is 4.64. The third-order valence-corrected chi connectivity index (χ3v) is 3.62. The maximum atomic E-state index is 8.67. The number of likely N-dealkylation sites (N-methyl/N-ethyl adjacent to an activating group) is 1. The SMILES string of the molecule is CCN(CC)CC1CCCCN1CCC#N. The van der Waals surface area contributed by atoms with Crippen LogP contribution in [0.2, 0.25) is 0 Å². The van der Waals surface area contributed by atoms with Gasteiger partial charge >= 0.3 is 0 Å². The first kappa shape index (κ1) is 13.5. The molecule has 0 spiro atoms. The molecule has 3 heteroatoms. The Morgan fingerprint density at radius 2 is 2.06 bits per heavy atom. The van der Waals surface area contributed by atoms with Crippen molar-refractivity contribution in [2.24, 2.45) is 0 Å². The lowest BCUT2D eigenvalue weighted by molar-refractivity contribution is 0.110. The second-order valence-electron chi connectivity index (χ2n) is 4.58. The van der Waals surface area contributed by atoms with Crippen molar-refractivity contribution in [2.75, 3.05) is 32.7 Å². The van der Waals surface area contributed by atoms with Crippen LogP contribution in [0.15, 0.2) is 0 Å². The Morgan fingerprint density at radius 3 is 2.69 bits per heavy atom. The molecule has 1 atom stereocenters. The molecule has 0 aromatic heterocycles. The monoisotopic (exact) mass is 223 g/mol. The van der Waals surface area contributed by atoms with Gasteiger partial charge in [0.25, 0.3) is 0 Å². The minimum atomic E-state index is 0.675. The van der Waals surface area contributed by atoms with Gasteiger partial charge in [0, 0.05) is 25.6 Å². The average molecular weight is 223 g/mol. The molecule has 1 aliphatic heterocycles. The average Bonchev–Trinajstić information content (AvgIpc) is 2.34. The van der Waals surface area contributed by atoms with Crippen molar-refractivity contribution in [1.82, 2.24) is 9.80 Å². The Hall–Kier alpha value is -0.590. The minimum Gasteiger partial charge on any atom is -0.302 e. The highest BCUT2D eigenvalue weighted by Gasteiger charge is 2.23. The smallest absolute Gasteiger partial charge is 0.0635 e. The maximum Gasteiger partial charge on any atom is 0.0635 e. The van der Waals surface area contributed by atoms with Crippen LogP contribution in [0.5, 0.6) is 0 Å². The standard InChI is InChI=1S/C13H25N3/c1-3-15(4-2)12-13-8-5-6-10-16(13)11-7-9-14/h13H,3-8,10-12H2,1-2H3. The lowest BCUT2D eigenvalue weighted by Crippen LogP contribution is -2.47. The molecule has 0 amide bonds. The first-order chi connectivity index (χ1) is 7.81. The molecule has 0 aromatic carbocycles. The summed E-state index contributed by atoms with van der Waals surface area (Å²) < 4.78 is 0. The third-order valence-electron chi connectivity index (χ3n) is 3.62. The van der Waals surface area contributed by atoms with E-state index in [-0.39, 0.29) is 0 Å². The van der Waals surface area contributed by atoms with Gasteiger partial charge in [-0.05, 0) is 32.5 Å². The zero-order valence-corrected chi connectivity index (χ0v) is 10.8. The molecule has 0 radical (unpaired) electrons. The molecule has 1 unspecified atom stereocenters. The van der Waals surface area contributed by atoms with E-state index in [9.17, 15) is 0 Å². The number of nitriles is 1. The summed E-state index contributed by atoms with van der Waals surface area (Å²) in [5.74, 6) is 0. The lowest BCUT2D eigenvalue weighted by atomic mass is 10.0. The van der Waals surface area contributed by atoms with Crippen LogP contribution < -0.4 is 0 Å². The van der Waals surface area contributed by atoms with E-state index in [0.717, 1.165) is 19.6 Å². The molecular formula is C13H25N3. The zero-order valence-electron chi connectivity index (χ0n) is 10.8. The fraction of sp³-hybridized carbons (Fsp3) is 0.923. The van der Waals surface area contributed by atoms with Crippen LogP contribution in [0.4, 0.5) is 0 Å². The maximum absolute atomic E-state index is 8.67. The molecule has 1 fully saturated rings.